The second kappa shape index (κ2) is 6.59. The van der Waals surface area contributed by atoms with Gasteiger partial charge in [0, 0.05) is 23.2 Å². The van der Waals surface area contributed by atoms with Crippen molar-refractivity contribution in [2.75, 3.05) is 14.2 Å². The van der Waals surface area contributed by atoms with Crippen molar-refractivity contribution in [3.05, 3.63) is 45.5 Å². The first kappa shape index (κ1) is 17.0. The highest BCUT2D eigenvalue weighted by molar-refractivity contribution is 6.41. The van der Waals surface area contributed by atoms with Crippen LogP contribution in [0.2, 0.25) is 15.3 Å². The molecule has 0 N–H and O–H groups in total. The minimum absolute atomic E-state index is 0.0340. The molecule has 0 amide bonds. The molecule has 0 spiro atoms. The Labute approximate surface area is 152 Å². The molecule has 1 aromatic heterocycles. The van der Waals surface area contributed by atoms with Gasteiger partial charge in [0.05, 0.1) is 24.3 Å². The molecule has 2 aromatic carbocycles. The fourth-order valence-electron chi connectivity index (χ4n) is 2.36. The van der Waals surface area contributed by atoms with Crippen LogP contribution in [-0.2, 0) is 0 Å². The number of benzene rings is 2. The molecular weight excluding hydrogens is 378 g/mol. The molecule has 3 rings (SSSR count). The molecule has 8 heteroatoms. The van der Waals surface area contributed by atoms with Crippen LogP contribution in [0.1, 0.15) is 0 Å². The van der Waals surface area contributed by atoms with Gasteiger partial charge in [-0.2, -0.15) is 0 Å². The van der Waals surface area contributed by atoms with Gasteiger partial charge in [-0.05, 0) is 29.3 Å². The van der Waals surface area contributed by atoms with Crippen molar-refractivity contribution in [1.29, 1.82) is 0 Å². The van der Waals surface area contributed by atoms with Gasteiger partial charge in [0.15, 0.2) is 0 Å². The number of hydrogen-bond acceptors (Lipinski definition) is 4. The summed E-state index contributed by atoms with van der Waals surface area (Å²) in [6, 6.07) is 4.51. The summed E-state index contributed by atoms with van der Waals surface area (Å²) in [4.78, 5) is 7.75. The summed E-state index contributed by atoms with van der Waals surface area (Å²) >= 11 is 18.4. The highest BCUT2D eigenvalue weighted by Gasteiger charge is 2.20. The third-order valence-electron chi connectivity index (χ3n) is 3.47. The van der Waals surface area contributed by atoms with E-state index in [1.165, 1.54) is 26.5 Å². The Morgan fingerprint density at radius 3 is 2.17 bits per heavy atom. The smallest absolute Gasteiger partial charge is 0.223 e. The fourth-order valence-corrected chi connectivity index (χ4v) is 3.22. The van der Waals surface area contributed by atoms with Crippen LogP contribution in [0.4, 0.5) is 4.39 Å². The molecule has 4 nitrogen and oxygen atoms in total. The average Bonchev–Trinajstić information content (AvgIpc) is 2.56. The normalized spacial score (nSPS) is 10.9. The zero-order chi connectivity index (χ0) is 17.4. The van der Waals surface area contributed by atoms with Crippen LogP contribution in [0.3, 0.4) is 0 Å². The summed E-state index contributed by atoms with van der Waals surface area (Å²) in [6.07, 6.45) is 1.43. The minimum Gasteiger partial charge on any atom is -0.495 e. The van der Waals surface area contributed by atoms with E-state index in [2.05, 4.69) is 9.97 Å². The molecule has 0 aliphatic carbocycles. The van der Waals surface area contributed by atoms with Crippen LogP contribution in [0.25, 0.3) is 22.0 Å². The summed E-state index contributed by atoms with van der Waals surface area (Å²) in [5, 5.41) is 0.922. The third-order valence-corrected chi connectivity index (χ3v) is 4.40. The molecule has 0 saturated carbocycles. The van der Waals surface area contributed by atoms with Crippen LogP contribution in [0.5, 0.6) is 11.5 Å². The number of aromatic nitrogens is 2. The number of hydrogen-bond donors (Lipinski definition) is 0. The molecule has 1 heterocycles. The van der Waals surface area contributed by atoms with E-state index in [1.807, 2.05) is 0 Å². The molecule has 0 unspecified atom stereocenters. The lowest BCUT2D eigenvalue weighted by atomic mass is 10.0. The Balaban J connectivity index is 2.33. The monoisotopic (exact) mass is 386 g/mol. The van der Waals surface area contributed by atoms with Crippen molar-refractivity contribution in [1.82, 2.24) is 9.97 Å². The van der Waals surface area contributed by atoms with Crippen LogP contribution < -0.4 is 9.47 Å². The largest absolute Gasteiger partial charge is 0.495 e. The second-order valence-corrected chi connectivity index (χ2v) is 5.91. The first-order valence-corrected chi connectivity index (χ1v) is 7.81. The molecule has 24 heavy (non-hydrogen) atoms. The van der Waals surface area contributed by atoms with Gasteiger partial charge in [-0.1, -0.05) is 23.2 Å². The van der Waals surface area contributed by atoms with Gasteiger partial charge in [-0.15, -0.1) is 0 Å². The van der Waals surface area contributed by atoms with Crippen LogP contribution >= 0.6 is 34.8 Å². The Bertz CT molecular complexity index is 922. The maximum absolute atomic E-state index is 14.4. The number of nitrogens with zero attached hydrogens (tertiary/aromatic N) is 2. The predicted molar refractivity (Wildman–Crippen MR) is 93.1 cm³/mol. The molecule has 0 radical (unpaired) electrons. The van der Waals surface area contributed by atoms with Crippen LogP contribution in [0.15, 0.2) is 24.4 Å². The lowest BCUT2D eigenvalue weighted by Gasteiger charge is -2.15. The summed E-state index contributed by atoms with van der Waals surface area (Å²) in [7, 11) is 2.93. The standard InChI is InChI=1S/C16H10Cl3FN2O2/c1-23-10-5-11(24-2)14(18)12(13(10)17)7-3-8-6-21-16(19)22-15(8)9(20)4-7/h3-6H,1-2H3. The Kier molecular flexibility index (Phi) is 4.67. The van der Waals surface area contributed by atoms with Gasteiger partial charge in [-0.25, -0.2) is 14.4 Å². The molecule has 0 aliphatic heterocycles. The van der Waals surface area contributed by atoms with Crippen molar-refractivity contribution in [3.63, 3.8) is 0 Å². The number of rotatable bonds is 3. The molecule has 0 aliphatic rings. The quantitative estimate of drug-likeness (QED) is 0.563. The van der Waals surface area contributed by atoms with E-state index in [0.29, 0.717) is 28.0 Å². The molecule has 124 valence electrons. The molecule has 0 fully saturated rings. The lowest BCUT2D eigenvalue weighted by Crippen LogP contribution is -1.95. The van der Waals surface area contributed by atoms with Gasteiger partial charge < -0.3 is 9.47 Å². The van der Waals surface area contributed by atoms with Gasteiger partial charge >= 0.3 is 0 Å². The molecule has 0 atom stereocenters. The number of ether oxygens (including phenoxy) is 2. The Morgan fingerprint density at radius 2 is 1.58 bits per heavy atom. The van der Waals surface area contributed by atoms with Gasteiger partial charge in [0.2, 0.25) is 5.28 Å². The van der Waals surface area contributed by atoms with E-state index < -0.39 is 5.82 Å². The summed E-state index contributed by atoms with van der Waals surface area (Å²) in [6.45, 7) is 0. The number of fused-ring (bicyclic) bond motifs is 1. The van der Waals surface area contributed by atoms with Gasteiger partial charge in [0.25, 0.3) is 0 Å². The highest BCUT2D eigenvalue weighted by Crippen LogP contribution is 2.46. The van der Waals surface area contributed by atoms with E-state index in [9.17, 15) is 4.39 Å². The van der Waals surface area contributed by atoms with E-state index in [0.717, 1.165) is 0 Å². The zero-order valence-corrected chi connectivity index (χ0v) is 14.8. The van der Waals surface area contributed by atoms with E-state index in [1.54, 1.807) is 12.1 Å². The average molecular weight is 388 g/mol. The maximum Gasteiger partial charge on any atom is 0.223 e. The Morgan fingerprint density at radius 1 is 0.958 bits per heavy atom. The molecule has 0 bridgehead atoms. The van der Waals surface area contributed by atoms with Crippen LogP contribution in [-0.4, -0.2) is 24.2 Å². The van der Waals surface area contributed by atoms with Crippen molar-refractivity contribution in [3.8, 4) is 22.6 Å². The lowest BCUT2D eigenvalue weighted by molar-refractivity contribution is 0.395. The highest BCUT2D eigenvalue weighted by atomic mass is 35.5. The topological polar surface area (TPSA) is 44.2 Å². The Hall–Kier alpha value is -1.82. The van der Waals surface area contributed by atoms with Crippen molar-refractivity contribution in [2.24, 2.45) is 0 Å². The SMILES string of the molecule is COc1cc(OC)c(Cl)c(-c2cc(F)c3nc(Cl)ncc3c2)c1Cl. The second-order valence-electron chi connectivity index (χ2n) is 4.82. The third kappa shape index (κ3) is 2.83. The van der Waals surface area contributed by atoms with Gasteiger partial charge in [0.1, 0.15) is 22.8 Å². The molecule has 0 saturated heterocycles. The van der Waals surface area contributed by atoms with Crippen molar-refractivity contribution >= 4 is 45.7 Å². The summed E-state index contributed by atoms with van der Waals surface area (Å²) < 4.78 is 24.9. The zero-order valence-electron chi connectivity index (χ0n) is 12.5. The van der Waals surface area contributed by atoms with Crippen LogP contribution in [0, 0.1) is 5.82 Å². The number of halogens is 4. The number of methoxy groups -OCH3 is 2. The van der Waals surface area contributed by atoms with Crippen molar-refractivity contribution < 1.29 is 13.9 Å². The summed E-state index contributed by atoms with van der Waals surface area (Å²) in [5.74, 6) is 0.155. The first-order valence-electron chi connectivity index (χ1n) is 6.68. The van der Waals surface area contributed by atoms with Gasteiger partial charge in [-0.3, -0.25) is 0 Å². The fraction of sp³-hybridized carbons (Fsp3) is 0.125. The first-order chi connectivity index (χ1) is 11.5. The van der Waals surface area contributed by atoms with Crippen molar-refractivity contribution in [2.45, 2.75) is 0 Å². The minimum atomic E-state index is -0.569. The summed E-state index contributed by atoms with van der Waals surface area (Å²) in [5.41, 5.74) is 0.948. The molecule has 3 aromatic rings. The van der Waals surface area contributed by atoms with E-state index in [4.69, 9.17) is 44.3 Å². The predicted octanol–water partition coefficient (Wildman–Crippen LogP) is 5.41. The maximum atomic E-state index is 14.4. The van der Waals surface area contributed by atoms with E-state index in [-0.39, 0.29) is 20.8 Å². The molecular formula is C16H10Cl3FN2O2. The van der Waals surface area contributed by atoms with E-state index >= 15 is 0 Å².